The molecule has 4 nitrogen and oxygen atoms in total. The Bertz CT molecular complexity index is 716. The van der Waals surface area contributed by atoms with Crippen LogP contribution in [0.25, 0.3) is 0 Å². The predicted octanol–water partition coefficient (Wildman–Crippen LogP) is 6.71. The zero-order chi connectivity index (χ0) is 24.0. The quantitative estimate of drug-likeness (QED) is 0.389. The summed E-state index contributed by atoms with van der Waals surface area (Å²) in [6.45, 7) is 24.2. The molecule has 178 valence electrons. The van der Waals surface area contributed by atoms with Gasteiger partial charge in [-0.2, -0.15) is 0 Å². The molecule has 0 spiro atoms. The van der Waals surface area contributed by atoms with E-state index in [0.717, 1.165) is 36.0 Å². The molecule has 0 aliphatic heterocycles. The van der Waals surface area contributed by atoms with Crippen LogP contribution in [0.5, 0.6) is 0 Å². The minimum atomic E-state index is -0.376. The molecule has 0 aliphatic rings. The van der Waals surface area contributed by atoms with E-state index in [2.05, 4.69) is 73.3 Å². The van der Waals surface area contributed by atoms with E-state index in [0.29, 0.717) is 13.2 Å². The van der Waals surface area contributed by atoms with Gasteiger partial charge in [0.25, 0.3) is 5.91 Å². The Morgan fingerprint density at radius 1 is 1.00 bits per heavy atom. The Hall–Kier alpha value is -1.39. The molecular weight excluding hydrogens is 386 g/mol. The maximum Gasteiger partial charge on any atom is 0.254 e. The van der Waals surface area contributed by atoms with E-state index in [1.165, 1.54) is 0 Å². The molecule has 1 aromatic carbocycles. The van der Waals surface area contributed by atoms with Crippen molar-refractivity contribution in [2.24, 2.45) is 0 Å². The van der Waals surface area contributed by atoms with Gasteiger partial charge in [0.05, 0.1) is 23.9 Å². The van der Waals surface area contributed by atoms with Crippen LogP contribution in [0, 0.1) is 13.8 Å². The number of aryl methyl sites for hydroxylation is 2. The summed E-state index contributed by atoms with van der Waals surface area (Å²) < 4.78 is 12.3. The second-order valence-corrected chi connectivity index (χ2v) is 11.0. The molecule has 1 aromatic rings. The van der Waals surface area contributed by atoms with E-state index < -0.39 is 0 Å². The van der Waals surface area contributed by atoms with Crippen molar-refractivity contribution < 1.29 is 14.3 Å². The Balaban J connectivity index is 3.29. The summed E-state index contributed by atoms with van der Waals surface area (Å²) >= 11 is 0. The summed E-state index contributed by atoms with van der Waals surface area (Å²) in [6, 6.07) is 6.09. The number of hydrogen-bond donors (Lipinski definition) is 0. The van der Waals surface area contributed by atoms with Crippen LogP contribution in [0.2, 0.25) is 0 Å². The van der Waals surface area contributed by atoms with Crippen molar-refractivity contribution in [1.82, 2.24) is 4.90 Å². The number of carbonyl (C=O) groups is 1. The molecule has 0 saturated carbocycles. The summed E-state index contributed by atoms with van der Waals surface area (Å²) in [6.07, 6.45) is 2.52. The highest BCUT2D eigenvalue weighted by atomic mass is 16.5. The fourth-order valence-corrected chi connectivity index (χ4v) is 3.56. The lowest BCUT2D eigenvalue weighted by Gasteiger charge is -2.45. The second kappa shape index (κ2) is 11.0. The minimum Gasteiger partial charge on any atom is -0.376 e. The van der Waals surface area contributed by atoms with E-state index in [-0.39, 0.29) is 28.7 Å². The maximum atomic E-state index is 13.9. The van der Waals surface area contributed by atoms with Crippen LogP contribution >= 0.6 is 0 Å². The zero-order valence-electron chi connectivity index (χ0n) is 22.0. The predicted molar refractivity (Wildman–Crippen MR) is 131 cm³/mol. The van der Waals surface area contributed by atoms with E-state index >= 15 is 0 Å². The lowest BCUT2D eigenvalue weighted by molar-refractivity contribution is -0.0661. The first-order chi connectivity index (χ1) is 14.1. The summed E-state index contributed by atoms with van der Waals surface area (Å²) in [5, 5.41) is 0. The van der Waals surface area contributed by atoms with Crippen LogP contribution in [-0.2, 0) is 9.47 Å². The standard InChI is InChI=1S/C27H47NO3/c1-12-22(19-31-27(10,11)13-2)28(26(8,9)16-17-30-25(5,6)7)24(29)23-18-20(3)14-15-21(23)4/h14-15,18,22H,12-13,16-17,19H2,1-11H3. The van der Waals surface area contributed by atoms with Crippen molar-refractivity contribution in [3.63, 3.8) is 0 Å². The summed E-state index contributed by atoms with van der Waals surface area (Å²) in [4.78, 5) is 16.0. The highest BCUT2D eigenvalue weighted by Gasteiger charge is 2.37. The zero-order valence-corrected chi connectivity index (χ0v) is 22.0. The Labute approximate surface area is 191 Å². The number of nitrogens with zero attached hydrogens (tertiary/aromatic N) is 1. The van der Waals surface area contributed by atoms with Gasteiger partial charge in [0.2, 0.25) is 0 Å². The van der Waals surface area contributed by atoms with E-state index in [1.807, 2.05) is 26.0 Å². The minimum absolute atomic E-state index is 0.0112. The topological polar surface area (TPSA) is 38.8 Å². The lowest BCUT2D eigenvalue weighted by Crippen LogP contribution is -2.56. The summed E-state index contributed by atoms with van der Waals surface area (Å²) in [7, 11) is 0. The smallest absolute Gasteiger partial charge is 0.254 e. The molecule has 0 aromatic heterocycles. The molecule has 0 fully saturated rings. The van der Waals surface area contributed by atoms with E-state index in [4.69, 9.17) is 9.47 Å². The van der Waals surface area contributed by atoms with Crippen molar-refractivity contribution in [3.05, 3.63) is 34.9 Å². The molecule has 1 unspecified atom stereocenters. The molecule has 1 amide bonds. The fourth-order valence-electron chi connectivity index (χ4n) is 3.56. The number of carbonyl (C=O) groups excluding carboxylic acids is 1. The van der Waals surface area contributed by atoms with Crippen molar-refractivity contribution in [3.8, 4) is 0 Å². The second-order valence-electron chi connectivity index (χ2n) is 11.0. The molecule has 0 aliphatic carbocycles. The van der Waals surface area contributed by atoms with Crippen LogP contribution in [0.15, 0.2) is 18.2 Å². The molecule has 31 heavy (non-hydrogen) atoms. The number of ether oxygens (including phenoxy) is 2. The van der Waals surface area contributed by atoms with Crippen molar-refractivity contribution >= 4 is 5.91 Å². The largest absolute Gasteiger partial charge is 0.376 e. The van der Waals surface area contributed by atoms with Crippen LogP contribution in [-0.4, -0.2) is 46.8 Å². The van der Waals surface area contributed by atoms with Gasteiger partial charge >= 0.3 is 0 Å². The average molecular weight is 434 g/mol. The highest BCUT2D eigenvalue weighted by molar-refractivity contribution is 5.96. The third-order valence-corrected chi connectivity index (χ3v) is 6.10. The van der Waals surface area contributed by atoms with Gasteiger partial charge in [0.15, 0.2) is 0 Å². The lowest BCUT2D eigenvalue weighted by atomic mass is 9.92. The van der Waals surface area contributed by atoms with Crippen LogP contribution in [0.1, 0.15) is 103 Å². The molecule has 1 rings (SSSR count). The van der Waals surface area contributed by atoms with Gasteiger partial charge in [-0.15, -0.1) is 0 Å². The van der Waals surface area contributed by atoms with Gasteiger partial charge in [-0.05, 0) is 93.2 Å². The van der Waals surface area contributed by atoms with Gasteiger partial charge in [-0.1, -0.05) is 31.5 Å². The van der Waals surface area contributed by atoms with E-state index in [1.54, 1.807) is 0 Å². The number of amides is 1. The molecule has 1 atom stereocenters. The van der Waals surface area contributed by atoms with Gasteiger partial charge in [-0.3, -0.25) is 4.79 Å². The highest BCUT2D eigenvalue weighted by Crippen LogP contribution is 2.29. The van der Waals surface area contributed by atoms with Gasteiger partial charge in [0, 0.05) is 17.7 Å². The Kier molecular flexibility index (Phi) is 9.77. The molecule has 0 radical (unpaired) electrons. The Morgan fingerprint density at radius 2 is 1.61 bits per heavy atom. The van der Waals surface area contributed by atoms with Crippen LogP contribution in [0.3, 0.4) is 0 Å². The molecule has 0 heterocycles. The first kappa shape index (κ1) is 27.6. The average Bonchev–Trinajstić information content (AvgIpc) is 2.65. The first-order valence-corrected chi connectivity index (χ1v) is 11.8. The summed E-state index contributed by atoms with van der Waals surface area (Å²) in [5.74, 6) is 0.0757. The monoisotopic (exact) mass is 433 g/mol. The molecule has 4 heteroatoms. The van der Waals surface area contributed by atoms with Gasteiger partial charge in [-0.25, -0.2) is 0 Å². The number of hydrogen-bond acceptors (Lipinski definition) is 3. The molecule has 0 N–H and O–H groups in total. The van der Waals surface area contributed by atoms with Crippen molar-refractivity contribution in [1.29, 1.82) is 0 Å². The normalized spacial score (nSPS) is 13.9. The van der Waals surface area contributed by atoms with Gasteiger partial charge in [0.1, 0.15) is 0 Å². The van der Waals surface area contributed by atoms with Crippen molar-refractivity contribution in [2.45, 2.75) is 118 Å². The Morgan fingerprint density at radius 3 is 2.13 bits per heavy atom. The third-order valence-electron chi connectivity index (χ3n) is 6.10. The number of benzene rings is 1. The number of rotatable bonds is 11. The first-order valence-electron chi connectivity index (χ1n) is 11.8. The maximum absolute atomic E-state index is 13.9. The fraction of sp³-hybridized carbons (Fsp3) is 0.741. The van der Waals surface area contributed by atoms with Gasteiger partial charge < -0.3 is 14.4 Å². The summed E-state index contributed by atoms with van der Waals surface area (Å²) in [5.41, 5.74) is 2.10. The SMILES string of the molecule is CCC(COC(C)(C)CC)N(C(=O)c1cc(C)ccc1C)C(C)(C)CCOC(C)(C)C. The van der Waals surface area contributed by atoms with Crippen molar-refractivity contribution in [2.75, 3.05) is 13.2 Å². The van der Waals surface area contributed by atoms with Crippen LogP contribution < -0.4 is 0 Å². The molecule has 0 saturated heterocycles. The molecule has 0 bridgehead atoms. The molecular formula is C27H47NO3. The van der Waals surface area contributed by atoms with Crippen LogP contribution in [0.4, 0.5) is 0 Å². The third kappa shape index (κ3) is 8.57. The van der Waals surface area contributed by atoms with E-state index in [9.17, 15) is 4.79 Å².